The minimum absolute atomic E-state index is 0.115. The van der Waals surface area contributed by atoms with Crippen molar-refractivity contribution in [3.05, 3.63) is 76.1 Å². The Morgan fingerprint density at radius 2 is 1.74 bits per heavy atom. The number of amides is 3. The van der Waals surface area contributed by atoms with Crippen LogP contribution in [0.5, 0.6) is 0 Å². The minimum Gasteiger partial charge on any atom is -0.337 e. The van der Waals surface area contributed by atoms with E-state index >= 15 is 0 Å². The molecule has 0 spiro atoms. The quantitative estimate of drug-likeness (QED) is 0.212. The molecule has 1 aliphatic carbocycles. The van der Waals surface area contributed by atoms with Crippen LogP contribution < -0.4 is 5.32 Å². The molecule has 3 amide bonds. The van der Waals surface area contributed by atoms with Crippen LogP contribution in [0, 0.1) is 26.2 Å². The van der Waals surface area contributed by atoms with Crippen LogP contribution in [0.1, 0.15) is 60.0 Å². The van der Waals surface area contributed by atoms with Crippen LogP contribution in [0.3, 0.4) is 0 Å². The number of fused-ring (bicyclic) bond motifs is 2. The number of piperidine rings is 1. The van der Waals surface area contributed by atoms with E-state index in [-0.39, 0.29) is 35.7 Å². The lowest BCUT2D eigenvalue weighted by Gasteiger charge is -2.38. The van der Waals surface area contributed by atoms with Crippen molar-refractivity contribution < 1.29 is 14.4 Å². The van der Waals surface area contributed by atoms with Crippen LogP contribution >= 0.6 is 15.9 Å². The first-order valence-electron chi connectivity index (χ1n) is 16.1. The molecule has 1 aromatic carbocycles. The predicted octanol–water partition coefficient (Wildman–Crippen LogP) is 5.39. The van der Waals surface area contributed by atoms with Crippen LogP contribution in [-0.4, -0.2) is 77.4 Å². The highest BCUT2D eigenvalue weighted by atomic mass is 79.9. The fourth-order valence-corrected chi connectivity index (χ4v) is 7.47. The maximum atomic E-state index is 14.3. The summed E-state index contributed by atoms with van der Waals surface area (Å²) in [6.45, 7) is 9.00. The summed E-state index contributed by atoms with van der Waals surface area (Å²) in [5.41, 5.74) is 4.14. The molecule has 4 aromatic rings. The van der Waals surface area contributed by atoms with Crippen molar-refractivity contribution in [2.24, 2.45) is 5.41 Å². The number of nitrogens with one attached hydrogen (secondary N) is 1. The normalized spacial score (nSPS) is 21.9. The lowest BCUT2D eigenvalue weighted by molar-refractivity contribution is -0.139. The molecule has 3 atom stereocenters. The van der Waals surface area contributed by atoms with Crippen LogP contribution in [0.15, 0.2) is 53.4 Å². The molecule has 5 heterocycles. The highest BCUT2D eigenvalue weighted by Gasteiger charge is 2.55. The van der Waals surface area contributed by atoms with Crippen LogP contribution in [0.25, 0.3) is 22.0 Å². The van der Waals surface area contributed by atoms with Gasteiger partial charge in [-0.3, -0.25) is 19.1 Å². The van der Waals surface area contributed by atoms with Gasteiger partial charge in [-0.05, 0) is 97.3 Å². The molecule has 47 heavy (non-hydrogen) atoms. The van der Waals surface area contributed by atoms with Gasteiger partial charge in [-0.2, -0.15) is 5.10 Å². The summed E-state index contributed by atoms with van der Waals surface area (Å²) in [6.07, 6.45) is 11.1. The molecule has 11 nitrogen and oxygen atoms in total. The number of pyridine rings is 1. The van der Waals surface area contributed by atoms with Crippen molar-refractivity contribution in [1.29, 1.82) is 0 Å². The van der Waals surface area contributed by atoms with E-state index in [1.54, 1.807) is 22.0 Å². The number of carbonyl (C=O) groups is 3. The van der Waals surface area contributed by atoms with Gasteiger partial charge < -0.3 is 15.1 Å². The van der Waals surface area contributed by atoms with Gasteiger partial charge >= 0.3 is 0 Å². The average Bonchev–Trinajstić information content (AvgIpc) is 3.51. The first-order valence-corrected chi connectivity index (χ1v) is 16.9. The molecule has 2 saturated heterocycles. The summed E-state index contributed by atoms with van der Waals surface area (Å²) in [7, 11) is 0. The number of likely N-dealkylation sites (tertiary alicyclic amines) is 2. The summed E-state index contributed by atoms with van der Waals surface area (Å²) in [5.74, 6) is 0.477. The second-order valence-electron chi connectivity index (χ2n) is 13.2. The Morgan fingerprint density at radius 1 is 1.00 bits per heavy atom. The molecule has 3 aliphatic rings. The van der Waals surface area contributed by atoms with E-state index in [4.69, 9.17) is 5.10 Å². The maximum Gasteiger partial charge on any atom is 0.275 e. The minimum atomic E-state index is -0.696. The number of benzene rings is 1. The van der Waals surface area contributed by atoms with E-state index in [1.807, 2.05) is 56.0 Å². The third-order valence-corrected chi connectivity index (χ3v) is 10.2. The van der Waals surface area contributed by atoms with Gasteiger partial charge in [-0.15, -0.1) is 0 Å². The zero-order valence-electron chi connectivity index (χ0n) is 27.0. The van der Waals surface area contributed by atoms with E-state index in [1.165, 1.54) is 0 Å². The van der Waals surface area contributed by atoms with Gasteiger partial charge in [0.25, 0.3) is 5.91 Å². The Bertz CT molecular complexity index is 1950. The molecule has 242 valence electrons. The van der Waals surface area contributed by atoms with Crippen LogP contribution in [0.2, 0.25) is 0 Å². The van der Waals surface area contributed by atoms with E-state index in [2.05, 4.69) is 49.2 Å². The lowest BCUT2D eigenvalue weighted by atomic mass is 9.73. The van der Waals surface area contributed by atoms with E-state index < -0.39 is 6.04 Å². The Morgan fingerprint density at radius 3 is 2.45 bits per heavy atom. The number of rotatable bonds is 6. The molecule has 0 radical (unpaired) electrons. The molecule has 0 bridgehead atoms. The largest absolute Gasteiger partial charge is 0.337 e. The van der Waals surface area contributed by atoms with Crippen molar-refractivity contribution >= 4 is 50.4 Å². The summed E-state index contributed by atoms with van der Waals surface area (Å²) in [4.78, 5) is 58.7. The zero-order chi connectivity index (χ0) is 33.0. The summed E-state index contributed by atoms with van der Waals surface area (Å²) in [6, 6.07) is 6.75. The molecule has 1 N–H and O–H groups in total. The number of hydrogen-bond acceptors (Lipinski definition) is 7. The lowest BCUT2D eigenvalue weighted by Crippen LogP contribution is -2.50. The third-order valence-electron chi connectivity index (χ3n) is 9.78. The van der Waals surface area contributed by atoms with Gasteiger partial charge in [-0.25, -0.2) is 15.0 Å². The highest BCUT2D eigenvalue weighted by molar-refractivity contribution is 9.10. The van der Waals surface area contributed by atoms with Gasteiger partial charge in [0.2, 0.25) is 11.8 Å². The Kier molecular flexibility index (Phi) is 7.94. The summed E-state index contributed by atoms with van der Waals surface area (Å²) >= 11 is 3.38. The number of anilines is 1. The van der Waals surface area contributed by atoms with Gasteiger partial charge in [0.1, 0.15) is 28.8 Å². The molecule has 0 unspecified atom stereocenters. The van der Waals surface area contributed by atoms with Gasteiger partial charge in [-0.1, -0.05) is 25.1 Å². The van der Waals surface area contributed by atoms with Gasteiger partial charge in [0.15, 0.2) is 5.69 Å². The van der Waals surface area contributed by atoms with Crippen molar-refractivity contribution in [2.45, 2.75) is 72.0 Å². The van der Waals surface area contributed by atoms with Gasteiger partial charge in [0, 0.05) is 41.8 Å². The highest BCUT2D eigenvalue weighted by Crippen LogP contribution is 2.49. The number of nitrogens with zero attached hydrogens (tertiary/aromatic N) is 7. The van der Waals surface area contributed by atoms with E-state index in [0.29, 0.717) is 46.8 Å². The van der Waals surface area contributed by atoms with Gasteiger partial charge in [0.05, 0.1) is 11.6 Å². The number of aromatic nitrogens is 5. The van der Waals surface area contributed by atoms with Crippen molar-refractivity contribution in [1.82, 2.24) is 34.5 Å². The number of carbonyl (C=O) groups excluding carboxylic acids is 3. The van der Waals surface area contributed by atoms with E-state index in [0.717, 1.165) is 47.0 Å². The molecular formula is C35H37BrN8O3. The third kappa shape index (κ3) is 5.62. The molecule has 12 heteroatoms. The molecule has 7 rings (SSSR count). The first kappa shape index (κ1) is 31.2. The second-order valence-corrected chi connectivity index (χ2v) is 14.0. The number of hydrogen-bond donors (Lipinski definition) is 1. The molecule has 2 aliphatic heterocycles. The van der Waals surface area contributed by atoms with Crippen molar-refractivity contribution in [3.63, 3.8) is 0 Å². The molecular weight excluding hydrogens is 660 g/mol. The van der Waals surface area contributed by atoms with Crippen LogP contribution in [-0.2, 0) is 16.1 Å². The van der Waals surface area contributed by atoms with Crippen molar-refractivity contribution in [3.8, 4) is 11.1 Å². The molecule has 0 saturated carbocycles. The van der Waals surface area contributed by atoms with Crippen molar-refractivity contribution in [2.75, 3.05) is 18.4 Å². The molecule has 3 aromatic heterocycles. The first-order chi connectivity index (χ1) is 22.5. The maximum absolute atomic E-state index is 14.3. The fourth-order valence-electron chi connectivity index (χ4n) is 7.16. The average molecular weight is 698 g/mol. The van der Waals surface area contributed by atoms with E-state index in [9.17, 15) is 14.4 Å². The Labute approximate surface area is 281 Å². The monoisotopic (exact) mass is 696 g/mol. The number of aryl methyl sites for hydroxylation is 3. The summed E-state index contributed by atoms with van der Waals surface area (Å²) in [5, 5.41) is 8.48. The molecule has 2 fully saturated rings. The SMILES string of the molecule is Cc1ncc(-c2cc(C)c3c(c2)c(C(=O)N2CCCCC2)nn3CC(=O)N2[C@H](C(=O)Nc3nc(Br)ccc3C)C[C@@]3(C)C=C[C@@H]23)cn1. The zero-order valence-corrected chi connectivity index (χ0v) is 28.5. The summed E-state index contributed by atoms with van der Waals surface area (Å²) < 4.78 is 2.26. The Balaban J connectivity index is 1.25. The van der Waals surface area contributed by atoms with Crippen LogP contribution in [0.4, 0.5) is 5.82 Å². The number of halogens is 1. The fraction of sp³-hybridized carbons (Fsp3) is 0.400. The Hall–Kier alpha value is -4.45. The second kappa shape index (κ2) is 12.0. The standard InChI is InChI=1S/C35H37BrN8O3/c1-20-8-9-28(36)39-32(20)40-33(46)26-16-35(4)11-10-27(35)44(26)29(45)19-43-31-21(2)14-23(24-17-37-22(3)38-18-24)15-25(31)30(41-43)34(47)42-12-6-5-7-13-42/h8-11,14-15,17-18,26-27H,5-7,12-13,16,19H2,1-4H3,(H,39,40,46)/t26-,27+,35+/m0/s1. The predicted molar refractivity (Wildman–Crippen MR) is 182 cm³/mol. The topological polar surface area (TPSA) is 126 Å². The smallest absolute Gasteiger partial charge is 0.275 e.